The molecule has 0 atom stereocenters. The molecule has 1 radical (unpaired) electrons. The summed E-state index contributed by atoms with van der Waals surface area (Å²) in [6.45, 7) is 0. The molecule has 0 spiro atoms. The van der Waals surface area contributed by atoms with Crippen molar-refractivity contribution in [3.05, 3.63) is 23.5 Å². The Labute approximate surface area is 70.9 Å². The molecule has 0 N–H and O–H groups in total. The summed E-state index contributed by atoms with van der Waals surface area (Å²) in [5, 5.41) is -0.0308. The van der Waals surface area contributed by atoms with Gasteiger partial charge in [0, 0.05) is 6.07 Å². The highest BCUT2D eigenvalue weighted by atomic mass is 35.5. The summed E-state index contributed by atoms with van der Waals surface area (Å²) >= 11 is 5.31. The van der Waals surface area contributed by atoms with Crippen LogP contribution in [0.5, 0.6) is 5.75 Å². The van der Waals surface area contributed by atoms with E-state index in [1.165, 1.54) is 0 Å². The van der Waals surface area contributed by atoms with Crippen LogP contribution in [0.2, 0.25) is 5.02 Å². The predicted molar refractivity (Wildman–Crippen MR) is 34.8 cm³/mol. The molecule has 1 aromatic rings. The van der Waals surface area contributed by atoms with Gasteiger partial charge < -0.3 is 4.74 Å². The first kappa shape index (κ1) is 9.12. The molecule has 0 amide bonds. The average molecular weight is 197 g/mol. The lowest BCUT2D eigenvalue weighted by molar-refractivity contribution is -0.274. The van der Waals surface area contributed by atoms with Gasteiger partial charge in [0.15, 0.2) is 0 Å². The molecule has 1 rings (SSSR count). The van der Waals surface area contributed by atoms with Crippen LogP contribution in [-0.4, -0.2) is 11.3 Å². The third-order valence-corrected chi connectivity index (χ3v) is 1.06. The number of halogens is 4. The first-order valence-electron chi connectivity index (χ1n) is 2.76. The van der Waals surface area contributed by atoms with E-state index in [1.54, 1.807) is 0 Å². The highest BCUT2D eigenvalue weighted by molar-refractivity contribution is 6.30. The van der Waals surface area contributed by atoms with E-state index in [-0.39, 0.29) is 5.02 Å². The Morgan fingerprint density at radius 1 is 1.50 bits per heavy atom. The van der Waals surface area contributed by atoms with Crippen molar-refractivity contribution < 1.29 is 17.9 Å². The van der Waals surface area contributed by atoms with Gasteiger partial charge in [-0.15, -0.1) is 13.2 Å². The maximum absolute atomic E-state index is 11.6. The summed E-state index contributed by atoms with van der Waals surface area (Å²) in [7, 11) is 0. The van der Waals surface area contributed by atoms with Gasteiger partial charge in [-0.05, 0) is 0 Å². The number of hydrogen-bond acceptors (Lipinski definition) is 2. The Balaban J connectivity index is 2.77. The number of hydrogen-bond donors (Lipinski definition) is 0. The van der Waals surface area contributed by atoms with Crippen LogP contribution in [0.1, 0.15) is 0 Å². The van der Waals surface area contributed by atoms with E-state index in [2.05, 4.69) is 15.9 Å². The maximum atomic E-state index is 11.6. The zero-order chi connectivity index (χ0) is 9.19. The van der Waals surface area contributed by atoms with Gasteiger partial charge >= 0.3 is 6.36 Å². The number of rotatable bonds is 1. The van der Waals surface area contributed by atoms with Gasteiger partial charge in [-0.25, -0.2) is 4.98 Å². The van der Waals surface area contributed by atoms with Crippen LogP contribution in [0.15, 0.2) is 12.3 Å². The molecule has 0 fully saturated rings. The third kappa shape index (κ3) is 2.96. The lowest BCUT2D eigenvalue weighted by Crippen LogP contribution is -2.17. The highest BCUT2D eigenvalue weighted by Crippen LogP contribution is 2.23. The van der Waals surface area contributed by atoms with Crippen LogP contribution in [0, 0.1) is 6.20 Å². The molecule has 1 heterocycles. The van der Waals surface area contributed by atoms with Crippen molar-refractivity contribution in [2.45, 2.75) is 6.36 Å². The predicted octanol–water partition coefficient (Wildman–Crippen LogP) is 2.43. The van der Waals surface area contributed by atoms with E-state index >= 15 is 0 Å². The summed E-state index contributed by atoms with van der Waals surface area (Å²) in [6, 6.07) is 0.974. The lowest BCUT2D eigenvalue weighted by atomic mass is 10.5. The van der Waals surface area contributed by atoms with Crippen LogP contribution < -0.4 is 4.74 Å². The van der Waals surface area contributed by atoms with Crippen molar-refractivity contribution in [2.75, 3.05) is 0 Å². The Hall–Kier alpha value is -0.970. The zero-order valence-electron chi connectivity index (χ0n) is 5.52. The molecular formula is C6H2ClF3NO. The second-order valence-electron chi connectivity index (χ2n) is 1.81. The average Bonchev–Trinajstić information content (AvgIpc) is 1.82. The Kier molecular flexibility index (Phi) is 2.42. The van der Waals surface area contributed by atoms with Crippen LogP contribution in [0.25, 0.3) is 0 Å². The van der Waals surface area contributed by atoms with Gasteiger partial charge in [0.25, 0.3) is 0 Å². The number of alkyl halides is 3. The fourth-order valence-corrected chi connectivity index (χ4v) is 0.698. The Morgan fingerprint density at radius 3 is 2.67 bits per heavy atom. The summed E-state index contributed by atoms with van der Waals surface area (Å²) in [5.41, 5.74) is 0. The highest BCUT2D eigenvalue weighted by Gasteiger charge is 2.31. The van der Waals surface area contributed by atoms with E-state index in [0.717, 1.165) is 12.3 Å². The zero-order valence-corrected chi connectivity index (χ0v) is 6.28. The van der Waals surface area contributed by atoms with Gasteiger partial charge in [-0.3, -0.25) is 0 Å². The normalized spacial score (nSPS) is 11.3. The molecule has 0 saturated carbocycles. The van der Waals surface area contributed by atoms with E-state index < -0.39 is 12.1 Å². The standard InChI is InChI=1S/C6H2ClF3NO/c7-4-1-5(3-11-2-4)12-6(8,9)10/h1,3H. The van der Waals surface area contributed by atoms with Crippen LogP contribution >= 0.6 is 11.6 Å². The van der Waals surface area contributed by atoms with Gasteiger partial charge in [0.05, 0.1) is 11.2 Å². The molecule has 0 bridgehead atoms. The molecule has 0 aliphatic heterocycles. The number of pyridine rings is 1. The smallest absolute Gasteiger partial charge is 0.404 e. The molecule has 0 aliphatic carbocycles. The summed E-state index contributed by atoms with van der Waals surface area (Å²) in [6.07, 6.45) is -1.62. The number of ether oxygens (including phenoxy) is 1. The first-order chi connectivity index (χ1) is 5.47. The molecule has 6 heteroatoms. The van der Waals surface area contributed by atoms with Crippen LogP contribution in [-0.2, 0) is 0 Å². The fraction of sp³-hybridized carbons (Fsp3) is 0.167. The molecule has 12 heavy (non-hydrogen) atoms. The number of nitrogens with zero attached hydrogens (tertiary/aromatic N) is 1. The first-order valence-corrected chi connectivity index (χ1v) is 3.14. The SMILES string of the molecule is FC(F)(F)Oc1cn[c]c(Cl)c1. The van der Waals surface area contributed by atoms with Crippen molar-refractivity contribution in [2.24, 2.45) is 0 Å². The molecule has 65 valence electrons. The van der Waals surface area contributed by atoms with E-state index in [1.807, 2.05) is 0 Å². The van der Waals surface area contributed by atoms with Crippen molar-refractivity contribution in [1.82, 2.24) is 4.98 Å². The maximum Gasteiger partial charge on any atom is 0.573 e. The van der Waals surface area contributed by atoms with Crippen molar-refractivity contribution in [1.29, 1.82) is 0 Å². The molecular weight excluding hydrogens is 195 g/mol. The van der Waals surface area contributed by atoms with Gasteiger partial charge in [0.2, 0.25) is 0 Å². The molecule has 0 unspecified atom stereocenters. The minimum absolute atomic E-state index is 0.0308. The lowest BCUT2D eigenvalue weighted by Gasteiger charge is -2.07. The van der Waals surface area contributed by atoms with Gasteiger partial charge in [-0.2, -0.15) is 0 Å². The van der Waals surface area contributed by atoms with Gasteiger partial charge in [0.1, 0.15) is 11.9 Å². The monoisotopic (exact) mass is 196 g/mol. The largest absolute Gasteiger partial charge is 0.573 e. The Morgan fingerprint density at radius 2 is 2.17 bits per heavy atom. The fourth-order valence-electron chi connectivity index (χ4n) is 0.541. The molecule has 1 aromatic heterocycles. The van der Waals surface area contributed by atoms with E-state index in [0.29, 0.717) is 0 Å². The molecule has 0 saturated heterocycles. The van der Waals surface area contributed by atoms with Crippen molar-refractivity contribution >= 4 is 11.6 Å². The second-order valence-corrected chi connectivity index (χ2v) is 2.22. The Bertz CT molecular complexity index is 276. The van der Waals surface area contributed by atoms with Gasteiger partial charge in [-0.1, -0.05) is 11.6 Å². The van der Waals surface area contributed by atoms with Crippen molar-refractivity contribution in [3.63, 3.8) is 0 Å². The topological polar surface area (TPSA) is 22.1 Å². The van der Waals surface area contributed by atoms with Crippen LogP contribution in [0.4, 0.5) is 13.2 Å². The minimum Gasteiger partial charge on any atom is -0.404 e. The quantitative estimate of drug-likeness (QED) is 0.688. The van der Waals surface area contributed by atoms with Crippen LogP contribution in [0.3, 0.4) is 0 Å². The molecule has 0 aliphatic rings. The summed E-state index contributed by atoms with van der Waals surface area (Å²) < 4.78 is 38.2. The molecule has 0 aromatic carbocycles. The second kappa shape index (κ2) is 3.18. The van der Waals surface area contributed by atoms with E-state index in [9.17, 15) is 13.2 Å². The molecule has 2 nitrogen and oxygen atoms in total. The third-order valence-electron chi connectivity index (χ3n) is 0.866. The summed E-state index contributed by atoms with van der Waals surface area (Å²) in [4.78, 5) is 3.29. The van der Waals surface area contributed by atoms with E-state index in [4.69, 9.17) is 11.6 Å². The minimum atomic E-state index is -4.72. The number of aromatic nitrogens is 1. The van der Waals surface area contributed by atoms with Crippen molar-refractivity contribution in [3.8, 4) is 5.75 Å². The summed E-state index contributed by atoms with van der Waals surface area (Å²) in [5.74, 6) is -0.453.